The van der Waals surface area contributed by atoms with Crippen molar-refractivity contribution in [3.05, 3.63) is 71.8 Å². The SMILES string of the molecule is CC(C)(NC(=O)c1ccc2ccccc2c1OCc1ccc(S(F)(F)(F)(F)F)cc1)C(=O)O. The van der Waals surface area contributed by atoms with Crippen LogP contribution in [0.4, 0.5) is 19.4 Å². The van der Waals surface area contributed by atoms with Crippen LogP contribution in [0.1, 0.15) is 29.8 Å². The van der Waals surface area contributed by atoms with Gasteiger partial charge < -0.3 is 15.2 Å². The zero-order valence-corrected chi connectivity index (χ0v) is 18.3. The summed E-state index contributed by atoms with van der Waals surface area (Å²) in [5, 5.41) is 12.8. The fourth-order valence-electron chi connectivity index (χ4n) is 2.98. The number of halogens is 5. The van der Waals surface area contributed by atoms with Crippen LogP contribution in [0, 0.1) is 0 Å². The minimum Gasteiger partial charge on any atom is -0.487 e. The third-order valence-electron chi connectivity index (χ3n) is 4.84. The summed E-state index contributed by atoms with van der Waals surface area (Å²) in [6.45, 7) is 2.28. The monoisotopic (exact) mass is 489 g/mol. The van der Waals surface area contributed by atoms with E-state index in [1.807, 2.05) is 0 Å². The van der Waals surface area contributed by atoms with E-state index in [0.29, 0.717) is 10.8 Å². The molecule has 0 radical (unpaired) electrons. The Bertz CT molecular complexity index is 1240. The van der Waals surface area contributed by atoms with Crippen molar-refractivity contribution in [2.45, 2.75) is 30.9 Å². The lowest BCUT2D eigenvalue weighted by Crippen LogP contribution is -2.49. The van der Waals surface area contributed by atoms with Crippen LogP contribution in [0.5, 0.6) is 5.75 Å². The van der Waals surface area contributed by atoms with Gasteiger partial charge in [-0.2, -0.15) is 0 Å². The molecule has 3 rings (SSSR count). The largest absolute Gasteiger partial charge is 0.487 e. The Hall–Kier alpha value is -3.34. The molecule has 0 bridgehead atoms. The van der Waals surface area contributed by atoms with E-state index in [1.54, 1.807) is 30.3 Å². The van der Waals surface area contributed by atoms with Gasteiger partial charge in [0.05, 0.1) is 5.56 Å². The molecular formula is C22H20F5NO4S. The third kappa shape index (κ3) is 5.54. The summed E-state index contributed by atoms with van der Waals surface area (Å²) in [4.78, 5) is 22.2. The lowest BCUT2D eigenvalue weighted by Gasteiger charge is -2.40. The Labute approximate surface area is 185 Å². The summed E-state index contributed by atoms with van der Waals surface area (Å²) >= 11 is 0. The highest BCUT2D eigenvalue weighted by Crippen LogP contribution is 3.02. The van der Waals surface area contributed by atoms with Gasteiger partial charge in [-0.25, -0.2) is 4.79 Å². The average Bonchev–Trinajstić information content (AvgIpc) is 2.70. The Morgan fingerprint density at radius 2 is 1.55 bits per heavy atom. The number of carbonyl (C=O) groups is 2. The molecule has 1 amide bonds. The molecule has 0 heterocycles. The number of carbonyl (C=O) groups excluding carboxylic acids is 1. The van der Waals surface area contributed by atoms with Gasteiger partial charge in [0.2, 0.25) is 0 Å². The van der Waals surface area contributed by atoms with Gasteiger partial charge in [0.1, 0.15) is 22.8 Å². The van der Waals surface area contributed by atoms with Crippen LogP contribution >= 0.6 is 10.2 Å². The van der Waals surface area contributed by atoms with Crippen molar-refractivity contribution in [3.63, 3.8) is 0 Å². The quantitative estimate of drug-likeness (QED) is 0.364. The maximum absolute atomic E-state index is 12.9. The van der Waals surface area contributed by atoms with E-state index < -0.39 is 32.5 Å². The molecule has 2 N–H and O–H groups in total. The molecule has 0 unspecified atom stereocenters. The first-order valence-corrected chi connectivity index (χ1v) is 11.5. The Balaban J connectivity index is 1.95. The van der Waals surface area contributed by atoms with Crippen LogP contribution in [0.3, 0.4) is 0 Å². The van der Waals surface area contributed by atoms with E-state index >= 15 is 0 Å². The number of carboxylic acids is 1. The van der Waals surface area contributed by atoms with Crippen LogP contribution in [-0.4, -0.2) is 22.5 Å². The summed E-state index contributed by atoms with van der Waals surface area (Å²) in [5.74, 6) is -1.92. The smallest absolute Gasteiger partial charge is 0.328 e. The second-order valence-corrected chi connectivity index (χ2v) is 10.4. The van der Waals surface area contributed by atoms with Crippen molar-refractivity contribution in [1.29, 1.82) is 0 Å². The summed E-state index contributed by atoms with van der Waals surface area (Å²) in [5.41, 5.74) is -1.42. The number of hydrogen-bond acceptors (Lipinski definition) is 3. The average molecular weight is 489 g/mol. The number of fused-ring (bicyclic) bond motifs is 1. The third-order valence-corrected chi connectivity index (χ3v) is 6.00. The zero-order valence-electron chi connectivity index (χ0n) is 17.5. The summed E-state index contributed by atoms with van der Waals surface area (Å²) in [6.07, 6.45) is 0. The highest BCUT2D eigenvalue weighted by molar-refractivity contribution is 8.45. The number of amides is 1. The van der Waals surface area contributed by atoms with Crippen molar-refractivity contribution in [2.75, 3.05) is 0 Å². The molecule has 3 aromatic rings. The molecule has 5 nitrogen and oxygen atoms in total. The van der Waals surface area contributed by atoms with Crippen LogP contribution in [0.15, 0.2) is 65.6 Å². The second kappa shape index (κ2) is 7.34. The van der Waals surface area contributed by atoms with Crippen LogP contribution in [0.2, 0.25) is 0 Å². The van der Waals surface area contributed by atoms with Gasteiger partial charge in [-0.05, 0) is 43.0 Å². The molecule has 0 fully saturated rings. The standard InChI is InChI=1S/C22H20F5NO4S/c1-22(2,21(30)31)28-20(29)18-12-9-15-5-3-4-6-17(15)19(18)32-13-14-7-10-16(11-8-14)33(23,24,25,26)27/h3-12H,13H2,1-2H3,(H,28,29)(H,30,31). The number of aliphatic carboxylic acids is 1. The van der Waals surface area contributed by atoms with E-state index in [4.69, 9.17) is 4.74 Å². The van der Waals surface area contributed by atoms with Gasteiger partial charge >= 0.3 is 16.2 Å². The second-order valence-electron chi connectivity index (χ2n) is 7.95. The van der Waals surface area contributed by atoms with Gasteiger partial charge in [0.25, 0.3) is 5.91 Å². The Morgan fingerprint density at radius 1 is 0.939 bits per heavy atom. The summed E-state index contributed by atoms with van der Waals surface area (Å²) in [7, 11) is -9.79. The molecule has 3 aromatic carbocycles. The van der Waals surface area contributed by atoms with Crippen molar-refractivity contribution in [2.24, 2.45) is 0 Å². The predicted octanol–water partition coefficient (Wildman–Crippen LogP) is 6.67. The number of hydrogen-bond donors (Lipinski definition) is 2. The van der Waals surface area contributed by atoms with Crippen molar-refractivity contribution < 1.29 is 38.9 Å². The summed E-state index contributed by atoms with van der Waals surface area (Å²) < 4.78 is 70.3. The van der Waals surface area contributed by atoms with Gasteiger partial charge in [0.15, 0.2) is 0 Å². The molecular weight excluding hydrogens is 469 g/mol. The molecule has 178 valence electrons. The first-order chi connectivity index (χ1) is 15.0. The van der Waals surface area contributed by atoms with Gasteiger partial charge in [-0.15, -0.1) is 0 Å². The van der Waals surface area contributed by atoms with Crippen LogP contribution in [0.25, 0.3) is 10.8 Å². The lowest BCUT2D eigenvalue weighted by atomic mass is 10.0. The van der Waals surface area contributed by atoms with Crippen molar-refractivity contribution in [1.82, 2.24) is 5.32 Å². The molecule has 0 aromatic heterocycles. The number of rotatable bonds is 7. The molecule has 11 heteroatoms. The molecule has 0 aliphatic rings. The molecule has 33 heavy (non-hydrogen) atoms. The maximum Gasteiger partial charge on any atom is 0.328 e. The number of nitrogens with one attached hydrogen (secondary N) is 1. The highest BCUT2D eigenvalue weighted by atomic mass is 32.5. The normalized spacial score (nSPS) is 14.3. The molecule has 0 saturated carbocycles. The first-order valence-electron chi connectivity index (χ1n) is 9.51. The lowest BCUT2D eigenvalue weighted by molar-refractivity contribution is -0.143. The molecule has 0 atom stereocenters. The fourth-order valence-corrected chi connectivity index (χ4v) is 3.63. The highest BCUT2D eigenvalue weighted by Gasteiger charge is 2.65. The van der Waals surface area contributed by atoms with E-state index in [9.17, 15) is 34.1 Å². The van der Waals surface area contributed by atoms with E-state index in [1.165, 1.54) is 19.9 Å². The zero-order chi connectivity index (χ0) is 24.7. The Morgan fingerprint density at radius 3 is 2.12 bits per heavy atom. The number of benzene rings is 3. The maximum atomic E-state index is 12.9. The van der Waals surface area contributed by atoms with E-state index in [2.05, 4.69) is 5.32 Å². The van der Waals surface area contributed by atoms with Gasteiger partial charge in [-0.1, -0.05) is 61.9 Å². The van der Waals surface area contributed by atoms with Crippen molar-refractivity contribution in [3.8, 4) is 5.75 Å². The van der Waals surface area contributed by atoms with Crippen LogP contribution in [-0.2, 0) is 11.4 Å². The van der Waals surface area contributed by atoms with Gasteiger partial charge in [0, 0.05) is 5.39 Å². The molecule has 0 saturated heterocycles. The number of ether oxygens (including phenoxy) is 1. The van der Waals surface area contributed by atoms with E-state index in [-0.39, 0.29) is 35.6 Å². The molecule has 0 aliphatic heterocycles. The first kappa shape index (κ1) is 24.3. The molecule has 0 spiro atoms. The van der Waals surface area contributed by atoms with Gasteiger partial charge in [-0.3, -0.25) is 4.79 Å². The Kier molecular flexibility index (Phi) is 5.41. The molecule has 0 aliphatic carbocycles. The number of carboxylic acid groups (broad SMARTS) is 1. The van der Waals surface area contributed by atoms with Crippen molar-refractivity contribution >= 4 is 32.9 Å². The van der Waals surface area contributed by atoms with E-state index in [0.717, 1.165) is 12.1 Å². The minimum atomic E-state index is -9.79. The topological polar surface area (TPSA) is 75.6 Å². The minimum absolute atomic E-state index is 0.00616. The predicted molar refractivity (Wildman–Crippen MR) is 115 cm³/mol. The fraction of sp³-hybridized carbons (Fsp3) is 0.182. The summed E-state index contributed by atoms with van der Waals surface area (Å²) in [6, 6.07) is 12.2. The van der Waals surface area contributed by atoms with Crippen LogP contribution < -0.4 is 10.1 Å².